The molecule has 0 heterocycles. The van der Waals surface area contributed by atoms with Gasteiger partial charge in [-0.15, -0.1) is 0 Å². The molecule has 0 saturated heterocycles. The van der Waals surface area contributed by atoms with Gasteiger partial charge in [-0.3, -0.25) is 4.79 Å². The number of hydrogen-bond acceptors (Lipinski definition) is 5. The molecule has 0 aromatic heterocycles. The van der Waals surface area contributed by atoms with E-state index >= 15 is 0 Å². The summed E-state index contributed by atoms with van der Waals surface area (Å²) in [6, 6.07) is 17.6. The number of carbonyl (C=O) groups is 1. The Kier molecular flexibility index (Phi) is 5.14. The van der Waals surface area contributed by atoms with Crippen LogP contribution in [-0.4, -0.2) is 23.8 Å². The Balaban J connectivity index is 2.10. The van der Waals surface area contributed by atoms with E-state index in [2.05, 4.69) is 5.32 Å². The summed E-state index contributed by atoms with van der Waals surface area (Å²) in [5.74, 6) is -0.243. The summed E-state index contributed by atoms with van der Waals surface area (Å²) >= 11 is 0. The maximum Gasteiger partial charge on any atom is 0.265 e. The first-order valence-corrected chi connectivity index (χ1v) is 8.56. The van der Waals surface area contributed by atoms with Crippen molar-refractivity contribution in [3.8, 4) is 0 Å². The van der Waals surface area contributed by atoms with E-state index in [0.29, 0.717) is 22.6 Å². The molecule has 0 bridgehead atoms. The van der Waals surface area contributed by atoms with Gasteiger partial charge in [-0.25, -0.2) is 0 Å². The topological polar surface area (TPSA) is 111 Å². The van der Waals surface area contributed by atoms with Crippen LogP contribution < -0.4 is 16.8 Å². The molecule has 6 heteroatoms. The number of hydrogen-bond donors (Lipinski definition) is 4. The van der Waals surface area contributed by atoms with E-state index in [-0.39, 0.29) is 6.42 Å². The van der Waals surface area contributed by atoms with Crippen molar-refractivity contribution in [3.05, 3.63) is 89.7 Å². The predicted octanol–water partition coefficient (Wildman–Crippen LogP) is 1.99. The zero-order valence-electron chi connectivity index (χ0n) is 15.1. The number of amides is 1. The third-order valence-electron chi connectivity index (χ3n) is 4.52. The minimum atomic E-state index is -1.98. The second-order valence-corrected chi connectivity index (χ2v) is 6.56. The zero-order valence-corrected chi connectivity index (χ0v) is 15.1. The van der Waals surface area contributed by atoms with Crippen molar-refractivity contribution >= 4 is 11.6 Å². The van der Waals surface area contributed by atoms with Crippen LogP contribution in [0, 0.1) is 0 Å². The SMILES string of the molecule is COC1=C(C(O)(C(=O)Nc2ccccc2)c2ccccc2)C=CC(N)(N)C1. The fourth-order valence-corrected chi connectivity index (χ4v) is 3.10. The third kappa shape index (κ3) is 3.78. The van der Waals surface area contributed by atoms with Gasteiger partial charge in [-0.05, 0) is 23.8 Å². The fraction of sp³-hybridized carbons (Fsp3) is 0.190. The van der Waals surface area contributed by atoms with Gasteiger partial charge in [0.25, 0.3) is 5.91 Å². The van der Waals surface area contributed by atoms with E-state index in [4.69, 9.17) is 16.2 Å². The highest BCUT2D eigenvalue weighted by atomic mass is 16.5. The lowest BCUT2D eigenvalue weighted by Crippen LogP contribution is -2.51. The number of rotatable bonds is 5. The Morgan fingerprint density at radius 1 is 1.11 bits per heavy atom. The summed E-state index contributed by atoms with van der Waals surface area (Å²) in [7, 11) is 1.46. The van der Waals surface area contributed by atoms with Crippen LogP contribution in [-0.2, 0) is 15.1 Å². The normalized spacial score (nSPS) is 17.9. The van der Waals surface area contributed by atoms with E-state index in [1.165, 1.54) is 7.11 Å². The van der Waals surface area contributed by atoms with Gasteiger partial charge >= 0.3 is 0 Å². The minimum absolute atomic E-state index is 0.156. The highest BCUT2D eigenvalue weighted by Gasteiger charge is 2.45. The summed E-state index contributed by atoms with van der Waals surface area (Å²) in [6.45, 7) is 0. The number of nitrogens with two attached hydrogens (primary N) is 2. The molecule has 1 amide bonds. The molecule has 0 radical (unpaired) electrons. The molecule has 1 atom stereocenters. The van der Waals surface area contributed by atoms with E-state index in [1.54, 1.807) is 60.7 Å². The average Bonchev–Trinajstić information content (AvgIpc) is 2.68. The lowest BCUT2D eigenvalue weighted by Gasteiger charge is -2.35. The number of nitrogens with one attached hydrogen (secondary N) is 1. The summed E-state index contributed by atoms with van der Waals surface area (Å²) in [5.41, 5.74) is 10.2. The molecule has 2 aromatic carbocycles. The first-order chi connectivity index (χ1) is 12.9. The van der Waals surface area contributed by atoms with Crippen molar-refractivity contribution in [3.63, 3.8) is 0 Å². The van der Waals surface area contributed by atoms with Crippen molar-refractivity contribution in [2.75, 3.05) is 12.4 Å². The fourth-order valence-electron chi connectivity index (χ4n) is 3.10. The Hall–Kier alpha value is -2.93. The Morgan fingerprint density at radius 3 is 2.30 bits per heavy atom. The van der Waals surface area contributed by atoms with Gasteiger partial charge in [0.15, 0.2) is 5.60 Å². The van der Waals surface area contributed by atoms with Crippen molar-refractivity contribution in [2.45, 2.75) is 17.7 Å². The van der Waals surface area contributed by atoms with Gasteiger partial charge in [-0.2, -0.15) is 0 Å². The maximum absolute atomic E-state index is 13.2. The Bertz CT molecular complexity index is 876. The summed E-state index contributed by atoms with van der Waals surface area (Å²) in [5, 5.41) is 14.4. The molecule has 6 nitrogen and oxygen atoms in total. The van der Waals surface area contributed by atoms with Crippen LogP contribution in [0.3, 0.4) is 0 Å². The zero-order chi connectivity index (χ0) is 19.5. The van der Waals surface area contributed by atoms with Crippen LogP contribution in [0.1, 0.15) is 12.0 Å². The molecule has 0 saturated carbocycles. The standard InChI is InChI=1S/C21H23N3O3/c1-27-18-14-20(22,23)13-12-17(18)21(26,15-8-4-2-5-9-15)19(25)24-16-10-6-3-7-11-16/h2-13,26H,14,22-23H2,1H3,(H,24,25). The predicted molar refractivity (Wildman–Crippen MR) is 104 cm³/mol. The molecule has 0 fully saturated rings. The summed E-state index contributed by atoms with van der Waals surface area (Å²) in [6.07, 6.45) is 3.28. The smallest absolute Gasteiger partial charge is 0.265 e. The highest BCUT2D eigenvalue weighted by Crippen LogP contribution is 2.38. The molecule has 6 N–H and O–H groups in total. The van der Waals surface area contributed by atoms with E-state index in [1.807, 2.05) is 12.1 Å². The number of ether oxygens (including phenoxy) is 1. The molecule has 0 aliphatic heterocycles. The lowest BCUT2D eigenvalue weighted by atomic mass is 9.80. The first-order valence-electron chi connectivity index (χ1n) is 8.56. The van der Waals surface area contributed by atoms with Gasteiger partial charge in [0.2, 0.25) is 0 Å². The number of anilines is 1. The van der Waals surface area contributed by atoms with Gasteiger partial charge in [0, 0.05) is 17.7 Å². The molecule has 3 rings (SSSR count). The van der Waals surface area contributed by atoms with Crippen molar-refractivity contribution in [2.24, 2.45) is 11.5 Å². The van der Waals surface area contributed by atoms with Crippen LogP contribution in [0.2, 0.25) is 0 Å². The molecular weight excluding hydrogens is 342 g/mol. The lowest BCUT2D eigenvalue weighted by molar-refractivity contribution is -0.131. The monoisotopic (exact) mass is 365 g/mol. The summed E-state index contributed by atoms with van der Waals surface area (Å²) in [4.78, 5) is 13.2. The van der Waals surface area contributed by atoms with Gasteiger partial charge in [0.1, 0.15) is 5.76 Å². The van der Waals surface area contributed by atoms with Crippen LogP contribution in [0.25, 0.3) is 0 Å². The van der Waals surface area contributed by atoms with Gasteiger partial charge < -0.3 is 26.6 Å². The van der Waals surface area contributed by atoms with Gasteiger partial charge in [-0.1, -0.05) is 54.6 Å². The number of para-hydroxylation sites is 1. The molecule has 1 aliphatic rings. The number of benzene rings is 2. The summed E-state index contributed by atoms with van der Waals surface area (Å²) < 4.78 is 5.44. The number of carbonyl (C=O) groups excluding carboxylic acids is 1. The molecule has 2 aromatic rings. The van der Waals surface area contributed by atoms with Crippen molar-refractivity contribution in [1.29, 1.82) is 0 Å². The minimum Gasteiger partial charge on any atom is -0.501 e. The van der Waals surface area contributed by atoms with Crippen molar-refractivity contribution in [1.82, 2.24) is 0 Å². The molecule has 0 spiro atoms. The maximum atomic E-state index is 13.2. The molecule has 1 aliphatic carbocycles. The van der Waals surface area contributed by atoms with Crippen LogP contribution in [0.5, 0.6) is 0 Å². The van der Waals surface area contributed by atoms with Crippen LogP contribution in [0.15, 0.2) is 84.1 Å². The number of methoxy groups -OCH3 is 1. The Labute approximate surface area is 158 Å². The number of aliphatic hydroxyl groups is 1. The third-order valence-corrected chi connectivity index (χ3v) is 4.52. The quantitative estimate of drug-likeness (QED) is 0.606. The largest absolute Gasteiger partial charge is 0.501 e. The van der Waals surface area contributed by atoms with Crippen molar-refractivity contribution < 1.29 is 14.6 Å². The second-order valence-electron chi connectivity index (χ2n) is 6.56. The molecular formula is C21H23N3O3. The Morgan fingerprint density at radius 2 is 1.70 bits per heavy atom. The van der Waals surface area contributed by atoms with Crippen LogP contribution in [0.4, 0.5) is 5.69 Å². The second kappa shape index (κ2) is 7.36. The van der Waals surface area contributed by atoms with Gasteiger partial charge in [0.05, 0.1) is 12.8 Å². The highest BCUT2D eigenvalue weighted by molar-refractivity contribution is 6.00. The molecule has 140 valence electrons. The van der Waals surface area contributed by atoms with E-state index < -0.39 is 17.2 Å². The van der Waals surface area contributed by atoms with E-state index in [0.717, 1.165) is 0 Å². The molecule has 1 unspecified atom stereocenters. The van der Waals surface area contributed by atoms with E-state index in [9.17, 15) is 9.90 Å². The molecule has 27 heavy (non-hydrogen) atoms. The average molecular weight is 365 g/mol. The van der Waals surface area contributed by atoms with Crippen LogP contribution >= 0.6 is 0 Å². The first kappa shape index (κ1) is 18.8.